The third-order valence-electron chi connectivity index (χ3n) is 1.70. The monoisotopic (exact) mass is 390 g/mol. The Morgan fingerprint density at radius 1 is 0.762 bits per heavy atom. The highest BCUT2D eigenvalue weighted by atomic mass is 35.5. The molecule has 132 valence electrons. The molecular weight excluding hydrogens is 365 g/mol. The van der Waals surface area contributed by atoms with Crippen molar-refractivity contribution >= 4 is 38.4 Å². The summed E-state index contributed by atoms with van der Waals surface area (Å²) in [5, 5.41) is 6.22. The highest BCUT2D eigenvalue weighted by molar-refractivity contribution is 7.78. The molecule has 0 aliphatic carbocycles. The van der Waals surface area contributed by atoms with E-state index in [1.54, 1.807) is 0 Å². The normalized spacial score (nSPS) is 11.9. The topological polar surface area (TPSA) is 139 Å². The Hall–Kier alpha value is 0.800. The first-order chi connectivity index (χ1) is 9.33. The van der Waals surface area contributed by atoms with Gasteiger partial charge in [0.1, 0.15) is 0 Å². The Bertz CT molecular complexity index is 300. The maximum Gasteiger partial charge on any atom is 0.373 e. The van der Waals surface area contributed by atoms with Crippen LogP contribution in [0.2, 0.25) is 0 Å². The Balaban J connectivity index is -0.000000270. The number of rotatable bonds is 6. The van der Waals surface area contributed by atoms with Gasteiger partial charge in [0.25, 0.3) is 0 Å². The van der Waals surface area contributed by atoms with Crippen LogP contribution in [-0.2, 0) is 9.13 Å². The Morgan fingerprint density at radius 2 is 0.952 bits per heavy atom. The minimum Gasteiger partial charge on any atom is -0.322 e. The Kier molecular flexibility index (Phi) is 16.8. The van der Waals surface area contributed by atoms with E-state index in [9.17, 15) is 9.13 Å². The van der Waals surface area contributed by atoms with Crippen molar-refractivity contribution in [2.45, 2.75) is 31.5 Å². The average Bonchev–Trinajstić information content (AvgIpc) is 2.30. The third-order valence-corrected chi connectivity index (χ3v) is 7.31. The van der Waals surface area contributed by atoms with Gasteiger partial charge in [-0.3, -0.25) is 9.13 Å². The predicted octanol–water partition coefficient (Wildman–Crippen LogP) is 1.66. The molecule has 0 aromatic carbocycles. The molecule has 0 rings (SSSR count). The van der Waals surface area contributed by atoms with Gasteiger partial charge in [0, 0.05) is 0 Å². The average molecular weight is 391 g/mol. The number of nitrogens with one attached hydrogen (secondary N) is 2. The lowest BCUT2D eigenvalue weighted by Crippen LogP contribution is -2.13. The van der Waals surface area contributed by atoms with Crippen molar-refractivity contribution < 1.29 is 28.7 Å². The fraction of sp³-hybridized carbons (Fsp3) is 1.00. The highest BCUT2D eigenvalue weighted by Gasteiger charge is 2.58. The molecule has 0 saturated heterocycles. The standard InChI is InChI=1S/2C4H11N.CH4Cl2O6P2/c2*1-3-5-4-2;2-1(3,10(4,5)6)11(7,8)9/h2*5H,3-4H2,1-2H3;(H2,4,5,6)(H2,7,8,9). The maximum absolute atomic E-state index is 10.2. The number of hydrogen-bond acceptors (Lipinski definition) is 4. The molecular formula is C9H26Cl2N2O6P2. The summed E-state index contributed by atoms with van der Waals surface area (Å²) >= 11 is 9.46. The van der Waals surface area contributed by atoms with Crippen molar-refractivity contribution in [2.24, 2.45) is 0 Å². The van der Waals surface area contributed by atoms with Crippen molar-refractivity contribution in [1.29, 1.82) is 0 Å². The zero-order valence-corrected chi connectivity index (χ0v) is 15.9. The second-order valence-corrected chi connectivity index (χ2v) is 9.76. The molecule has 0 heterocycles. The molecule has 0 aromatic heterocycles. The molecule has 0 amide bonds. The lowest BCUT2D eigenvalue weighted by molar-refractivity contribution is 0.345. The lowest BCUT2D eigenvalue weighted by atomic mass is 10.7. The zero-order valence-electron chi connectivity index (χ0n) is 12.6. The number of halogens is 2. The summed E-state index contributed by atoms with van der Waals surface area (Å²) in [7, 11) is -10.4. The van der Waals surface area contributed by atoms with Crippen LogP contribution in [0.3, 0.4) is 0 Å². The molecule has 0 aliphatic rings. The number of alkyl halides is 2. The summed E-state index contributed by atoms with van der Waals surface area (Å²) in [6.45, 7) is 12.8. The second-order valence-electron chi connectivity index (χ2n) is 3.51. The molecule has 21 heavy (non-hydrogen) atoms. The summed E-state index contributed by atoms with van der Waals surface area (Å²) in [5.41, 5.74) is 0. The first-order valence-corrected chi connectivity index (χ1v) is 10.2. The maximum atomic E-state index is 10.2. The smallest absolute Gasteiger partial charge is 0.322 e. The minimum absolute atomic E-state index is 1.09. The van der Waals surface area contributed by atoms with Crippen molar-refractivity contribution in [2.75, 3.05) is 26.2 Å². The van der Waals surface area contributed by atoms with E-state index in [1.807, 2.05) is 0 Å². The molecule has 0 fully saturated rings. The van der Waals surface area contributed by atoms with E-state index in [1.165, 1.54) is 0 Å². The van der Waals surface area contributed by atoms with E-state index in [-0.39, 0.29) is 0 Å². The molecule has 0 bridgehead atoms. The van der Waals surface area contributed by atoms with Crippen molar-refractivity contribution in [1.82, 2.24) is 10.6 Å². The molecule has 0 saturated carbocycles. The Labute approximate surface area is 135 Å². The molecule has 12 heteroatoms. The fourth-order valence-electron chi connectivity index (χ4n) is 0.670. The molecule has 0 atom stereocenters. The summed E-state index contributed by atoms with van der Waals surface area (Å²) in [4.78, 5) is 32.9. The van der Waals surface area contributed by atoms with Gasteiger partial charge in [0.05, 0.1) is 0 Å². The molecule has 6 N–H and O–H groups in total. The summed E-state index contributed by atoms with van der Waals surface area (Å²) in [6, 6.07) is 0. The molecule has 8 nitrogen and oxygen atoms in total. The van der Waals surface area contributed by atoms with Gasteiger partial charge < -0.3 is 30.2 Å². The van der Waals surface area contributed by atoms with Crippen molar-refractivity contribution in [3.63, 3.8) is 0 Å². The summed E-state index contributed by atoms with van der Waals surface area (Å²) in [5.74, 6) is 0. The SMILES string of the molecule is CCNCC.CCNCC.O=P(O)(O)C(Cl)(Cl)P(=O)(O)O. The van der Waals surface area contributed by atoms with E-state index in [0.717, 1.165) is 26.2 Å². The van der Waals surface area contributed by atoms with E-state index in [0.29, 0.717) is 0 Å². The highest BCUT2D eigenvalue weighted by Crippen LogP contribution is 2.73. The number of hydrogen-bond donors (Lipinski definition) is 6. The first kappa shape index (κ1) is 26.7. The van der Waals surface area contributed by atoms with Crippen LogP contribution in [0.25, 0.3) is 0 Å². The van der Waals surface area contributed by atoms with Crippen LogP contribution in [0.5, 0.6) is 0 Å². The van der Waals surface area contributed by atoms with Crippen LogP contribution >= 0.6 is 38.4 Å². The van der Waals surface area contributed by atoms with Gasteiger partial charge in [0.15, 0.2) is 0 Å². The largest absolute Gasteiger partial charge is 0.373 e. The van der Waals surface area contributed by atoms with E-state index in [4.69, 9.17) is 42.8 Å². The lowest BCUT2D eigenvalue weighted by Gasteiger charge is -2.20. The van der Waals surface area contributed by atoms with Gasteiger partial charge >= 0.3 is 19.0 Å². The first-order valence-electron chi connectivity index (χ1n) is 6.23. The minimum atomic E-state index is -5.22. The van der Waals surface area contributed by atoms with Crippen molar-refractivity contribution in [3.05, 3.63) is 0 Å². The van der Waals surface area contributed by atoms with Gasteiger partial charge in [-0.05, 0) is 26.2 Å². The van der Waals surface area contributed by atoms with Crippen LogP contribution in [0, 0.1) is 0 Å². The van der Waals surface area contributed by atoms with Crippen molar-refractivity contribution in [3.8, 4) is 0 Å². The molecule has 0 spiro atoms. The van der Waals surface area contributed by atoms with Gasteiger partial charge in [-0.1, -0.05) is 50.9 Å². The predicted molar refractivity (Wildman–Crippen MR) is 87.0 cm³/mol. The van der Waals surface area contributed by atoms with Gasteiger partial charge in [0.2, 0.25) is 0 Å². The van der Waals surface area contributed by atoms with E-state index in [2.05, 4.69) is 38.3 Å². The van der Waals surface area contributed by atoms with Crippen LogP contribution in [0.4, 0.5) is 0 Å². The van der Waals surface area contributed by atoms with Crippen LogP contribution < -0.4 is 10.6 Å². The van der Waals surface area contributed by atoms with E-state index < -0.39 is 19.0 Å². The molecule has 0 radical (unpaired) electrons. The molecule has 0 unspecified atom stereocenters. The van der Waals surface area contributed by atoms with Gasteiger partial charge in [-0.15, -0.1) is 0 Å². The Morgan fingerprint density at radius 3 is 0.952 bits per heavy atom. The summed E-state index contributed by atoms with van der Waals surface area (Å²) < 4.78 is 17.1. The van der Waals surface area contributed by atoms with E-state index >= 15 is 0 Å². The second kappa shape index (κ2) is 13.3. The molecule has 0 aliphatic heterocycles. The summed E-state index contributed by atoms with van der Waals surface area (Å²) in [6.07, 6.45) is 0. The zero-order chi connectivity index (χ0) is 17.7. The van der Waals surface area contributed by atoms with Crippen LogP contribution in [0.1, 0.15) is 27.7 Å². The third kappa shape index (κ3) is 14.1. The fourth-order valence-corrected chi connectivity index (χ4v) is 2.03. The quantitative estimate of drug-likeness (QED) is 0.297. The van der Waals surface area contributed by atoms with Gasteiger partial charge in [-0.25, -0.2) is 0 Å². The van der Waals surface area contributed by atoms with Crippen LogP contribution in [-0.4, -0.2) is 49.6 Å². The molecule has 0 aromatic rings. The van der Waals surface area contributed by atoms with Gasteiger partial charge in [-0.2, -0.15) is 0 Å². The van der Waals surface area contributed by atoms with Crippen LogP contribution in [0.15, 0.2) is 0 Å².